The molecule has 0 aromatic heterocycles. The predicted molar refractivity (Wildman–Crippen MR) is 118 cm³/mol. The third-order valence-corrected chi connectivity index (χ3v) is 4.89. The molecule has 0 N–H and O–H groups in total. The van der Waals surface area contributed by atoms with Gasteiger partial charge in [-0.15, -0.1) is 0 Å². The summed E-state index contributed by atoms with van der Waals surface area (Å²) >= 11 is 5.88. The van der Waals surface area contributed by atoms with Gasteiger partial charge in [0, 0.05) is 24.2 Å². The van der Waals surface area contributed by atoms with Gasteiger partial charge in [-0.2, -0.15) is 0 Å². The van der Waals surface area contributed by atoms with E-state index in [4.69, 9.17) is 25.8 Å². The van der Waals surface area contributed by atoms with Crippen molar-refractivity contribution in [3.63, 3.8) is 0 Å². The van der Waals surface area contributed by atoms with Crippen LogP contribution in [-0.4, -0.2) is 32.1 Å². The molecule has 3 rings (SSSR count). The number of halogens is 1. The summed E-state index contributed by atoms with van der Waals surface area (Å²) in [4.78, 5) is 14.4. The average Bonchev–Trinajstić information content (AvgIpc) is 2.78. The number of ether oxygens (including phenoxy) is 3. The van der Waals surface area contributed by atoms with E-state index in [1.54, 1.807) is 38.3 Å². The summed E-state index contributed by atoms with van der Waals surface area (Å²) in [7, 11) is 4.96. The van der Waals surface area contributed by atoms with Gasteiger partial charge in [-0.1, -0.05) is 29.8 Å². The maximum absolute atomic E-state index is 12.8. The number of rotatable bonds is 8. The maximum Gasteiger partial charge on any atom is 0.253 e. The Kier molecular flexibility index (Phi) is 7.20. The van der Waals surface area contributed by atoms with Gasteiger partial charge in [0.15, 0.2) is 11.5 Å². The van der Waals surface area contributed by atoms with Crippen molar-refractivity contribution in [1.29, 1.82) is 0 Å². The van der Waals surface area contributed by atoms with E-state index < -0.39 is 0 Å². The summed E-state index contributed by atoms with van der Waals surface area (Å²) in [6.45, 7) is 0.873. The van der Waals surface area contributed by atoms with E-state index in [-0.39, 0.29) is 5.91 Å². The number of hydrogen-bond donors (Lipinski definition) is 0. The second-order valence-electron chi connectivity index (χ2n) is 6.79. The fourth-order valence-corrected chi connectivity index (χ4v) is 3.11. The number of benzene rings is 3. The second-order valence-corrected chi connectivity index (χ2v) is 7.23. The first-order valence-electron chi connectivity index (χ1n) is 9.44. The minimum absolute atomic E-state index is 0.0602. The van der Waals surface area contributed by atoms with E-state index in [0.29, 0.717) is 35.2 Å². The molecule has 6 heteroatoms. The molecule has 5 nitrogen and oxygen atoms in total. The van der Waals surface area contributed by atoms with Gasteiger partial charge in [-0.05, 0) is 59.7 Å². The van der Waals surface area contributed by atoms with Crippen molar-refractivity contribution in [2.24, 2.45) is 0 Å². The van der Waals surface area contributed by atoms with Gasteiger partial charge in [0.2, 0.25) is 0 Å². The molecule has 0 atom stereocenters. The number of carbonyl (C=O) groups excluding carboxylic acids is 1. The summed E-state index contributed by atoms with van der Waals surface area (Å²) in [5.74, 6) is 1.98. The molecule has 0 spiro atoms. The lowest BCUT2D eigenvalue weighted by atomic mass is 10.1. The van der Waals surface area contributed by atoms with Gasteiger partial charge >= 0.3 is 0 Å². The Balaban J connectivity index is 1.60. The Bertz CT molecular complexity index is 987. The molecule has 0 saturated heterocycles. The molecule has 0 heterocycles. The lowest BCUT2D eigenvalue weighted by molar-refractivity contribution is 0.0785. The number of amides is 1. The molecule has 3 aromatic carbocycles. The zero-order valence-electron chi connectivity index (χ0n) is 17.2. The molecule has 0 aliphatic rings. The highest BCUT2D eigenvalue weighted by atomic mass is 35.5. The van der Waals surface area contributed by atoms with E-state index in [9.17, 15) is 4.79 Å². The summed E-state index contributed by atoms with van der Waals surface area (Å²) in [6.07, 6.45) is 0. The molecule has 1 amide bonds. The van der Waals surface area contributed by atoms with Crippen molar-refractivity contribution in [2.45, 2.75) is 13.2 Å². The van der Waals surface area contributed by atoms with Gasteiger partial charge in [-0.3, -0.25) is 4.79 Å². The minimum atomic E-state index is -0.0602. The molecule has 0 unspecified atom stereocenters. The smallest absolute Gasteiger partial charge is 0.253 e. The first-order valence-corrected chi connectivity index (χ1v) is 9.81. The molecule has 0 saturated carbocycles. The monoisotopic (exact) mass is 425 g/mol. The number of methoxy groups -OCH3 is 2. The Morgan fingerprint density at radius 3 is 2.13 bits per heavy atom. The first-order chi connectivity index (χ1) is 14.5. The summed E-state index contributed by atoms with van der Waals surface area (Å²) < 4.78 is 16.3. The second kappa shape index (κ2) is 10.0. The zero-order chi connectivity index (χ0) is 21.5. The van der Waals surface area contributed by atoms with E-state index >= 15 is 0 Å². The highest BCUT2D eigenvalue weighted by Crippen LogP contribution is 2.28. The van der Waals surface area contributed by atoms with Gasteiger partial charge in [0.05, 0.1) is 14.2 Å². The summed E-state index contributed by atoms with van der Waals surface area (Å²) in [6, 6.07) is 20.3. The van der Waals surface area contributed by atoms with Crippen molar-refractivity contribution in [3.05, 3.63) is 88.4 Å². The summed E-state index contributed by atoms with van der Waals surface area (Å²) in [5, 5.41) is 0.669. The van der Waals surface area contributed by atoms with Crippen molar-refractivity contribution in [3.8, 4) is 17.2 Å². The maximum atomic E-state index is 12.8. The average molecular weight is 426 g/mol. The quantitative estimate of drug-likeness (QED) is 0.497. The van der Waals surface area contributed by atoms with E-state index in [2.05, 4.69) is 0 Å². The fraction of sp³-hybridized carbons (Fsp3) is 0.208. The van der Waals surface area contributed by atoms with Crippen molar-refractivity contribution < 1.29 is 19.0 Å². The van der Waals surface area contributed by atoms with Crippen LogP contribution in [0, 0.1) is 0 Å². The molecular weight excluding hydrogens is 402 g/mol. The Morgan fingerprint density at radius 1 is 0.867 bits per heavy atom. The third kappa shape index (κ3) is 5.45. The summed E-state index contributed by atoms with van der Waals surface area (Å²) in [5.41, 5.74) is 2.55. The van der Waals surface area contributed by atoms with Crippen LogP contribution >= 0.6 is 11.6 Å². The Labute approximate surface area is 181 Å². The zero-order valence-corrected chi connectivity index (χ0v) is 18.0. The van der Waals surface area contributed by atoms with Crippen LogP contribution in [0.15, 0.2) is 66.7 Å². The topological polar surface area (TPSA) is 48.0 Å². The fourth-order valence-electron chi connectivity index (χ4n) is 2.99. The third-order valence-electron chi connectivity index (χ3n) is 4.63. The molecule has 0 aliphatic carbocycles. The minimum Gasteiger partial charge on any atom is -0.493 e. The Hall–Kier alpha value is -3.18. The standard InChI is InChI=1S/C24H24ClNO4/c1-26(15-18-6-13-22(28-2)23(14-18)29-3)24(27)19-7-4-17(5-8-19)16-30-21-11-9-20(25)10-12-21/h4-14H,15-16H2,1-3H3. The molecule has 0 radical (unpaired) electrons. The van der Waals surface area contributed by atoms with E-state index in [1.165, 1.54) is 0 Å². The van der Waals surface area contributed by atoms with Crippen LogP contribution in [0.2, 0.25) is 5.02 Å². The molecule has 156 valence electrons. The SMILES string of the molecule is COc1ccc(CN(C)C(=O)c2ccc(COc3ccc(Cl)cc3)cc2)cc1OC. The molecular formula is C24H24ClNO4. The van der Waals surface area contributed by atoms with Gasteiger partial charge < -0.3 is 19.1 Å². The van der Waals surface area contributed by atoms with Crippen LogP contribution in [0.5, 0.6) is 17.2 Å². The molecule has 30 heavy (non-hydrogen) atoms. The highest BCUT2D eigenvalue weighted by molar-refractivity contribution is 6.30. The predicted octanol–water partition coefficient (Wildman–Crippen LogP) is 5.21. The van der Waals surface area contributed by atoms with Gasteiger partial charge in [0.1, 0.15) is 12.4 Å². The Morgan fingerprint density at radius 2 is 1.50 bits per heavy atom. The number of hydrogen-bond acceptors (Lipinski definition) is 4. The van der Waals surface area contributed by atoms with E-state index in [1.807, 2.05) is 54.6 Å². The van der Waals surface area contributed by atoms with Crippen LogP contribution < -0.4 is 14.2 Å². The first kappa shape index (κ1) is 21.5. The van der Waals surface area contributed by atoms with Crippen LogP contribution in [0.25, 0.3) is 0 Å². The van der Waals surface area contributed by atoms with Crippen LogP contribution in [0.4, 0.5) is 0 Å². The molecule has 0 aliphatic heterocycles. The van der Waals surface area contributed by atoms with Crippen molar-refractivity contribution >= 4 is 17.5 Å². The number of carbonyl (C=O) groups is 1. The number of nitrogens with zero attached hydrogens (tertiary/aromatic N) is 1. The molecule has 0 bridgehead atoms. The lowest BCUT2D eigenvalue weighted by Gasteiger charge is -2.18. The van der Waals surface area contributed by atoms with Crippen molar-refractivity contribution in [1.82, 2.24) is 4.90 Å². The van der Waals surface area contributed by atoms with Gasteiger partial charge in [0.25, 0.3) is 5.91 Å². The van der Waals surface area contributed by atoms with Crippen LogP contribution in [-0.2, 0) is 13.2 Å². The largest absolute Gasteiger partial charge is 0.493 e. The van der Waals surface area contributed by atoms with Crippen LogP contribution in [0.3, 0.4) is 0 Å². The highest BCUT2D eigenvalue weighted by Gasteiger charge is 2.13. The van der Waals surface area contributed by atoms with Crippen LogP contribution in [0.1, 0.15) is 21.5 Å². The van der Waals surface area contributed by atoms with E-state index in [0.717, 1.165) is 16.9 Å². The molecule has 3 aromatic rings. The van der Waals surface area contributed by atoms with Crippen molar-refractivity contribution in [2.75, 3.05) is 21.3 Å². The van der Waals surface area contributed by atoms with Gasteiger partial charge in [-0.25, -0.2) is 0 Å². The lowest BCUT2D eigenvalue weighted by Crippen LogP contribution is -2.26. The normalized spacial score (nSPS) is 10.4. The molecule has 0 fully saturated rings.